The highest BCUT2D eigenvalue weighted by atomic mass is 32.2. The van der Waals surface area contributed by atoms with Crippen LogP contribution in [0.1, 0.15) is 26.2 Å². The van der Waals surface area contributed by atoms with Gasteiger partial charge in [-0.25, -0.2) is 8.42 Å². The third kappa shape index (κ3) is 3.87. The van der Waals surface area contributed by atoms with Gasteiger partial charge in [0.2, 0.25) is 0 Å². The second-order valence-electron chi connectivity index (χ2n) is 6.41. The largest absolute Gasteiger partial charge is 0.349 e. The molecule has 7 nitrogen and oxygen atoms in total. The summed E-state index contributed by atoms with van der Waals surface area (Å²) < 4.78 is 27.3. The van der Waals surface area contributed by atoms with Crippen LogP contribution < -0.4 is 5.32 Å². The SMILES string of the molecule is CCCN1CCC(NC(=O)C2=CC=CN3CCS(=O)(=O)N=C23)CC1. The van der Waals surface area contributed by atoms with Gasteiger partial charge in [0.1, 0.15) is 0 Å². The zero-order chi connectivity index (χ0) is 17.2. The van der Waals surface area contributed by atoms with Crippen molar-refractivity contribution in [2.75, 3.05) is 31.9 Å². The van der Waals surface area contributed by atoms with E-state index in [0.717, 1.165) is 38.9 Å². The second-order valence-corrected chi connectivity index (χ2v) is 8.16. The molecule has 1 amide bonds. The van der Waals surface area contributed by atoms with Gasteiger partial charge in [-0.3, -0.25) is 4.79 Å². The van der Waals surface area contributed by atoms with Crippen molar-refractivity contribution in [2.24, 2.45) is 4.40 Å². The number of amides is 1. The number of rotatable bonds is 4. The number of amidine groups is 1. The molecule has 3 aliphatic rings. The maximum absolute atomic E-state index is 12.6. The normalized spacial score (nSPS) is 24.1. The average molecular weight is 352 g/mol. The van der Waals surface area contributed by atoms with Crippen LogP contribution in [0.4, 0.5) is 0 Å². The Kier molecular flexibility index (Phi) is 5.05. The molecule has 0 atom stereocenters. The topological polar surface area (TPSA) is 82.1 Å². The number of sulfonamides is 1. The molecule has 132 valence electrons. The van der Waals surface area contributed by atoms with Gasteiger partial charge < -0.3 is 15.1 Å². The van der Waals surface area contributed by atoms with E-state index in [1.165, 1.54) is 0 Å². The van der Waals surface area contributed by atoms with E-state index in [-0.39, 0.29) is 23.5 Å². The van der Waals surface area contributed by atoms with Crippen molar-refractivity contribution in [1.82, 2.24) is 15.1 Å². The van der Waals surface area contributed by atoms with E-state index in [1.807, 2.05) is 0 Å². The van der Waals surface area contributed by atoms with Gasteiger partial charge >= 0.3 is 0 Å². The van der Waals surface area contributed by atoms with Gasteiger partial charge in [-0.2, -0.15) is 0 Å². The first-order valence-electron chi connectivity index (χ1n) is 8.50. The Hall–Kier alpha value is -1.67. The molecule has 3 heterocycles. The molecular weight excluding hydrogens is 328 g/mol. The Morgan fingerprint density at radius 3 is 2.79 bits per heavy atom. The lowest BCUT2D eigenvalue weighted by atomic mass is 10.0. The molecule has 0 aliphatic carbocycles. The fourth-order valence-electron chi connectivity index (χ4n) is 3.27. The summed E-state index contributed by atoms with van der Waals surface area (Å²) in [5, 5.41) is 3.04. The molecule has 0 radical (unpaired) electrons. The molecule has 1 N–H and O–H groups in total. The molecular formula is C16H24N4O3S. The predicted octanol–water partition coefficient (Wildman–Crippen LogP) is 0.475. The quantitative estimate of drug-likeness (QED) is 0.796. The van der Waals surface area contributed by atoms with Crippen molar-refractivity contribution in [3.8, 4) is 0 Å². The lowest BCUT2D eigenvalue weighted by molar-refractivity contribution is -0.118. The summed E-state index contributed by atoms with van der Waals surface area (Å²) in [5.74, 6) is -0.0233. The van der Waals surface area contributed by atoms with Crippen LogP contribution in [0.25, 0.3) is 0 Å². The van der Waals surface area contributed by atoms with E-state index >= 15 is 0 Å². The van der Waals surface area contributed by atoms with E-state index in [4.69, 9.17) is 0 Å². The van der Waals surface area contributed by atoms with Crippen molar-refractivity contribution in [2.45, 2.75) is 32.2 Å². The average Bonchev–Trinajstić information content (AvgIpc) is 2.55. The Bertz CT molecular complexity index is 688. The molecule has 24 heavy (non-hydrogen) atoms. The van der Waals surface area contributed by atoms with Gasteiger partial charge in [0.15, 0.2) is 5.84 Å². The van der Waals surface area contributed by atoms with Crippen LogP contribution in [0.3, 0.4) is 0 Å². The molecule has 0 unspecified atom stereocenters. The predicted molar refractivity (Wildman–Crippen MR) is 93.0 cm³/mol. The first kappa shape index (κ1) is 17.2. The lowest BCUT2D eigenvalue weighted by Gasteiger charge is -2.33. The summed E-state index contributed by atoms with van der Waals surface area (Å²) in [6.45, 7) is 5.57. The molecule has 0 saturated carbocycles. The van der Waals surface area contributed by atoms with E-state index < -0.39 is 10.0 Å². The van der Waals surface area contributed by atoms with Crippen molar-refractivity contribution >= 4 is 21.8 Å². The van der Waals surface area contributed by atoms with Crippen LogP contribution in [0, 0.1) is 0 Å². The Morgan fingerprint density at radius 2 is 2.08 bits per heavy atom. The van der Waals surface area contributed by atoms with Gasteiger partial charge in [0.25, 0.3) is 15.9 Å². The van der Waals surface area contributed by atoms with Crippen LogP contribution in [0.5, 0.6) is 0 Å². The number of fused-ring (bicyclic) bond motifs is 1. The summed E-state index contributed by atoms with van der Waals surface area (Å²) in [7, 11) is -3.48. The lowest BCUT2D eigenvalue weighted by Crippen LogP contribution is -2.48. The number of carbonyl (C=O) groups is 1. The Labute approximate surface area is 143 Å². The first-order chi connectivity index (χ1) is 11.5. The minimum Gasteiger partial charge on any atom is -0.349 e. The summed E-state index contributed by atoms with van der Waals surface area (Å²) in [6.07, 6.45) is 8.13. The first-order valence-corrected chi connectivity index (χ1v) is 10.1. The number of hydrogen-bond acceptors (Lipinski definition) is 5. The van der Waals surface area contributed by atoms with Crippen molar-refractivity contribution in [3.63, 3.8) is 0 Å². The standard InChI is InChI=1S/C16H24N4O3S/c1-2-7-19-9-5-13(6-10-19)17-16(21)14-4-3-8-20-11-12-24(22,23)18-15(14)20/h3-4,8,13H,2,5-7,9-12H2,1H3,(H,17,21). The summed E-state index contributed by atoms with van der Waals surface area (Å²) in [4.78, 5) is 16.7. The van der Waals surface area contributed by atoms with Gasteiger partial charge in [-0.1, -0.05) is 6.92 Å². The van der Waals surface area contributed by atoms with Crippen LogP contribution in [0.2, 0.25) is 0 Å². The molecule has 1 fully saturated rings. The molecule has 0 spiro atoms. The molecule has 0 aromatic carbocycles. The van der Waals surface area contributed by atoms with Crippen molar-refractivity contribution in [3.05, 3.63) is 23.9 Å². The maximum atomic E-state index is 12.6. The van der Waals surface area contributed by atoms with Gasteiger partial charge in [0, 0.05) is 31.9 Å². The van der Waals surface area contributed by atoms with Crippen LogP contribution in [-0.4, -0.2) is 67.9 Å². The molecule has 8 heteroatoms. The fourth-order valence-corrected chi connectivity index (χ4v) is 4.26. The maximum Gasteiger partial charge on any atom is 0.256 e. The number of allylic oxidation sites excluding steroid dienone is 2. The molecule has 0 bridgehead atoms. The highest BCUT2D eigenvalue weighted by Crippen LogP contribution is 2.19. The number of nitrogens with zero attached hydrogens (tertiary/aromatic N) is 3. The summed E-state index contributed by atoms with van der Waals surface area (Å²) in [5.41, 5.74) is 0.330. The smallest absolute Gasteiger partial charge is 0.256 e. The Balaban J connectivity index is 1.66. The number of carbonyl (C=O) groups excluding carboxylic acids is 1. The van der Waals surface area contributed by atoms with E-state index in [0.29, 0.717) is 12.1 Å². The van der Waals surface area contributed by atoms with Gasteiger partial charge in [-0.15, -0.1) is 4.40 Å². The molecule has 1 saturated heterocycles. The number of nitrogens with one attached hydrogen (secondary N) is 1. The van der Waals surface area contributed by atoms with Crippen LogP contribution in [0.15, 0.2) is 28.3 Å². The summed E-state index contributed by atoms with van der Waals surface area (Å²) in [6, 6.07) is 0.131. The highest BCUT2D eigenvalue weighted by molar-refractivity contribution is 7.90. The van der Waals surface area contributed by atoms with Crippen LogP contribution >= 0.6 is 0 Å². The third-order valence-corrected chi connectivity index (χ3v) is 5.71. The summed E-state index contributed by atoms with van der Waals surface area (Å²) >= 11 is 0. The minimum absolute atomic E-state index is 0.0222. The van der Waals surface area contributed by atoms with Gasteiger partial charge in [-0.05, 0) is 38.0 Å². The third-order valence-electron chi connectivity index (χ3n) is 4.56. The zero-order valence-electron chi connectivity index (χ0n) is 13.9. The van der Waals surface area contributed by atoms with Crippen LogP contribution in [-0.2, 0) is 14.8 Å². The monoisotopic (exact) mass is 352 g/mol. The second kappa shape index (κ2) is 7.06. The van der Waals surface area contributed by atoms with E-state index in [2.05, 4.69) is 21.5 Å². The molecule has 3 rings (SSSR count). The molecule has 0 aromatic rings. The van der Waals surface area contributed by atoms with Crippen molar-refractivity contribution in [1.29, 1.82) is 0 Å². The zero-order valence-corrected chi connectivity index (χ0v) is 14.8. The minimum atomic E-state index is -3.48. The molecule has 3 aliphatic heterocycles. The number of hydrogen-bond donors (Lipinski definition) is 1. The van der Waals surface area contributed by atoms with E-state index in [9.17, 15) is 13.2 Å². The van der Waals surface area contributed by atoms with Crippen molar-refractivity contribution < 1.29 is 13.2 Å². The number of piperidine rings is 1. The highest BCUT2D eigenvalue weighted by Gasteiger charge is 2.31. The fraction of sp³-hybridized carbons (Fsp3) is 0.625. The Morgan fingerprint density at radius 1 is 1.33 bits per heavy atom. The van der Waals surface area contributed by atoms with E-state index in [1.54, 1.807) is 23.3 Å². The molecule has 0 aromatic heterocycles. The van der Waals surface area contributed by atoms with Gasteiger partial charge in [0.05, 0.1) is 11.3 Å². The number of likely N-dealkylation sites (tertiary alicyclic amines) is 1.